The minimum absolute atomic E-state index is 0.0398. The second-order valence-electron chi connectivity index (χ2n) is 6.41. The zero-order valence-electron chi connectivity index (χ0n) is 14.9. The fraction of sp³-hybridized carbons (Fsp3) is 0.263. The van der Waals surface area contributed by atoms with Gasteiger partial charge in [0.15, 0.2) is 11.8 Å². The van der Waals surface area contributed by atoms with Crippen molar-refractivity contribution in [2.24, 2.45) is 0 Å². The average Bonchev–Trinajstić information content (AvgIpc) is 3.25. The molecular weight excluding hydrogens is 348 g/mol. The molecule has 1 amide bonds. The van der Waals surface area contributed by atoms with E-state index in [2.05, 4.69) is 15.0 Å². The van der Waals surface area contributed by atoms with Crippen molar-refractivity contribution < 1.29 is 19.1 Å². The number of esters is 1. The van der Waals surface area contributed by atoms with Crippen LogP contribution in [-0.2, 0) is 9.47 Å². The molecule has 1 atom stereocenters. The van der Waals surface area contributed by atoms with Crippen molar-refractivity contribution in [1.29, 1.82) is 0 Å². The largest absolute Gasteiger partial charge is 0.457 e. The van der Waals surface area contributed by atoms with Crippen LogP contribution >= 0.6 is 0 Å². The number of aromatic nitrogens is 3. The quantitative estimate of drug-likeness (QED) is 0.713. The third-order valence-corrected chi connectivity index (χ3v) is 4.31. The number of aryl methyl sites for hydroxylation is 2. The number of cyclic esters (lactones) is 1. The Morgan fingerprint density at radius 1 is 1.33 bits per heavy atom. The number of carbonyl (C=O) groups excluding carboxylic acids is 2. The van der Waals surface area contributed by atoms with Gasteiger partial charge in [-0.05, 0) is 37.6 Å². The number of nitrogens with one attached hydrogen (secondary N) is 1. The van der Waals surface area contributed by atoms with Gasteiger partial charge in [0.2, 0.25) is 0 Å². The highest BCUT2D eigenvalue weighted by molar-refractivity contribution is 6.00. The van der Waals surface area contributed by atoms with E-state index in [0.717, 1.165) is 11.3 Å². The fourth-order valence-corrected chi connectivity index (χ4v) is 3.06. The molecule has 4 rings (SSSR count). The lowest BCUT2D eigenvalue weighted by atomic mass is 10.2. The molecule has 0 aliphatic carbocycles. The molecule has 0 bridgehead atoms. The van der Waals surface area contributed by atoms with Crippen LogP contribution in [0.3, 0.4) is 0 Å². The lowest BCUT2D eigenvalue weighted by Gasteiger charge is -2.13. The van der Waals surface area contributed by atoms with Crippen LogP contribution in [-0.4, -0.2) is 46.3 Å². The summed E-state index contributed by atoms with van der Waals surface area (Å²) >= 11 is 0. The Morgan fingerprint density at radius 2 is 2.19 bits per heavy atom. The predicted molar refractivity (Wildman–Crippen MR) is 97.7 cm³/mol. The van der Waals surface area contributed by atoms with E-state index >= 15 is 0 Å². The number of amides is 1. The van der Waals surface area contributed by atoms with Gasteiger partial charge in [0.1, 0.15) is 18.1 Å². The first-order chi connectivity index (χ1) is 13.0. The Morgan fingerprint density at radius 3 is 3.00 bits per heavy atom. The molecule has 1 aromatic carbocycles. The second kappa shape index (κ2) is 6.71. The Labute approximate surface area is 155 Å². The first-order valence-electron chi connectivity index (χ1n) is 8.55. The molecule has 1 fully saturated rings. The summed E-state index contributed by atoms with van der Waals surface area (Å²) in [7, 11) is 0. The van der Waals surface area contributed by atoms with Crippen molar-refractivity contribution in [2.45, 2.75) is 20.0 Å². The van der Waals surface area contributed by atoms with Gasteiger partial charge < -0.3 is 14.5 Å². The van der Waals surface area contributed by atoms with Crippen LogP contribution in [0.4, 0.5) is 10.5 Å². The standard InChI is InChI=1S/C19H18N4O4/c1-11-4-3-5-13(8-11)23-9-14(27-19(23)25)10-26-18(24)16-15-6-7-20-17(15)22-12(2)21-16/h3-8,14H,9-10H2,1-2H3,(H,20,21,22). The van der Waals surface area contributed by atoms with E-state index in [4.69, 9.17) is 9.47 Å². The normalized spacial score (nSPS) is 16.6. The number of rotatable bonds is 4. The van der Waals surface area contributed by atoms with Gasteiger partial charge in [-0.3, -0.25) is 4.90 Å². The fourth-order valence-electron chi connectivity index (χ4n) is 3.06. The topological polar surface area (TPSA) is 97.4 Å². The minimum atomic E-state index is -0.574. The first-order valence-corrected chi connectivity index (χ1v) is 8.55. The van der Waals surface area contributed by atoms with Crippen LogP contribution < -0.4 is 4.90 Å². The predicted octanol–water partition coefficient (Wildman–Crippen LogP) is 2.76. The zero-order valence-corrected chi connectivity index (χ0v) is 14.9. The summed E-state index contributed by atoms with van der Waals surface area (Å²) in [6.07, 6.45) is 0.702. The number of hydrogen-bond donors (Lipinski definition) is 1. The number of hydrogen-bond acceptors (Lipinski definition) is 6. The summed E-state index contributed by atoms with van der Waals surface area (Å²) in [6.45, 7) is 3.94. The van der Waals surface area contributed by atoms with E-state index in [1.807, 2.05) is 31.2 Å². The summed E-state index contributed by atoms with van der Waals surface area (Å²) in [4.78, 5) is 37.5. The van der Waals surface area contributed by atoms with Crippen molar-refractivity contribution in [3.8, 4) is 0 Å². The highest BCUT2D eigenvalue weighted by Crippen LogP contribution is 2.23. The van der Waals surface area contributed by atoms with Gasteiger partial charge in [0, 0.05) is 11.9 Å². The van der Waals surface area contributed by atoms with Gasteiger partial charge in [-0.25, -0.2) is 19.6 Å². The molecule has 1 unspecified atom stereocenters. The third kappa shape index (κ3) is 3.33. The molecule has 8 nitrogen and oxygen atoms in total. The van der Waals surface area contributed by atoms with Crippen LogP contribution in [0.25, 0.3) is 11.0 Å². The van der Waals surface area contributed by atoms with Gasteiger partial charge in [0.05, 0.1) is 11.9 Å². The van der Waals surface area contributed by atoms with Gasteiger partial charge in [-0.1, -0.05) is 12.1 Å². The molecule has 138 valence electrons. The van der Waals surface area contributed by atoms with E-state index in [0.29, 0.717) is 23.4 Å². The molecule has 1 aliphatic rings. The van der Waals surface area contributed by atoms with Crippen molar-refractivity contribution in [3.63, 3.8) is 0 Å². The molecule has 8 heteroatoms. The lowest BCUT2D eigenvalue weighted by Crippen LogP contribution is -2.26. The molecule has 0 spiro atoms. The highest BCUT2D eigenvalue weighted by Gasteiger charge is 2.33. The number of aromatic amines is 1. The number of benzene rings is 1. The number of fused-ring (bicyclic) bond motifs is 1. The first kappa shape index (κ1) is 17.0. The van der Waals surface area contributed by atoms with E-state index in [9.17, 15) is 9.59 Å². The van der Waals surface area contributed by atoms with Crippen LogP contribution in [0.15, 0.2) is 36.5 Å². The Bertz CT molecular complexity index is 1030. The Hall–Kier alpha value is -3.42. The molecule has 1 N–H and O–H groups in total. The summed E-state index contributed by atoms with van der Waals surface area (Å²) < 4.78 is 10.7. The Kier molecular flexibility index (Phi) is 4.23. The highest BCUT2D eigenvalue weighted by atomic mass is 16.6. The SMILES string of the molecule is Cc1cccc(N2CC(COC(=O)c3nc(C)nc4[nH]ccc34)OC2=O)c1. The number of ether oxygens (including phenoxy) is 2. The van der Waals surface area contributed by atoms with Crippen LogP contribution in [0.5, 0.6) is 0 Å². The summed E-state index contributed by atoms with van der Waals surface area (Å²) in [5.41, 5.74) is 2.57. The van der Waals surface area contributed by atoms with Gasteiger partial charge >= 0.3 is 12.1 Å². The number of carbonyl (C=O) groups is 2. The third-order valence-electron chi connectivity index (χ3n) is 4.31. The molecule has 2 aromatic heterocycles. The maximum absolute atomic E-state index is 12.5. The van der Waals surface area contributed by atoms with Crippen molar-refractivity contribution in [2.75, 3.05) is 18.1 Å². The summed E-state index contributed by atoms with van der Waals surface area (Å²) in [6, 6.07) is 9.30. The monoisotopic (exact) mass is 366 g/mol. The molecule has 1 aliphatic heterocycles. The molecule has 3 heterocycles. The molecule has 0 radical (unpaired) electrons. The van der Waals surface area contributed by atoms with Gasteiger partial charge in [0.25, 0.3) is 0 Å². The summed E-state index contributed by atoms with van der Waals surface area (Å²) in [5.74, 6) is -0.107. The van der Waals surface area contributed by atoms with E-state index in [1.54, 1.807) is 19.2 Å². The molecule has 3 aromatic rings. The molecule has 0 saturated carbocycles. The summed E-state index contributed by atoms with van der Waals surface area (Å²) in [5, 5.41) is 0.593. The maximum Gasteiger partial charge on any atom is 0.414 e. The van der Waals surface area contributed by atoms with Gasteiger partial charge in [-0.15, -0.1) is 0 Å². The maximum atomic E-state index is 12.5. The second-order valence-corrected chi connectivity index (χ2v) is 6.41. The molecular formula is C19H18N4O4. The number of anilines is 1. The Balaban J connectivity index is 1.44. The minimum Gasteiger partial charge on any atom is -0.457 e. The van der Waals surface area contributed by atoms with Crippen LogP contribution in [0.1, 0.15) is 21.9 Å². The zero-order chi connectivity index (χ0) is 19.0. The van der Waals surface area contributed by atoms with E-state index < -0.39 is 18.2 Å². The lowest BCUT2D eigenvalue weighted by molar-refractivity contribution is 0.0296. The smallest absolute Gasteiger partial charge is 0.414 e. The number of nitrogens with zero attached hydrogens (tertiary/aromatic N) is 3. The number of H-pyrrole nitrogens is 1. The average molecular weight is 366 g/mol. The van der Waals surface area contributed by atoms with Crippen LogP contribution in [0.2, 0.25) is 0 Å². The van der Waals surface area contributed by atoms with Crippen LogP contribution in [0, 0.1) is 13.8 Å². The molecule has 27 heavy (non-hydrogen) atoms. The van der Waals surface area contributed by atoms with E-state index in [-0.39, 0.29) is 12.3 Å². The van der Waals surface area contributed by atoms with Crippen molar-refractivity contribution in [1.82, 2.24) is 15.0 Å². The molecule has 1 saturated heterocycles. The van der Waals surface area contributed by atoms with Crippen molar-refractivity contribution in [3.05, 3.63) is 53.6 Å². The van der Waals surface area contributed by atoms with Crippen molar-refractivity contribution >= 4 is 28.8 Å². The van der Waals surface area contributed by atoms with Gasteiger partial charge in [-0.2, -0.15) is 0 Å². The van der Waals surface area contributed by atoms with E-state index in [1.165, 1.54) is 4.90 Å².